The minimum atomic E-state index is -0.216. The molecule has 1 rings (SSSR count). The van der Waals surface area contributed by atoms with Crippen molar-refractivity contribution < 1.29 is 14.6 Å². The largest absolute Gasteiger partial charge is 0.395 e. The zero-order chi connectivity index (χ0) is 13.5. The highest BCUT2D eigenvalue weighted by molar-refractivity contribution is 5.81. The second-order valence-electron chi connectivity index (χ2n) is 4.85. The van der Waals surface area contributed by atoms with E-state index in [1.165, 1.54) is 0 Å². The van der Waals surface area contributed by atoms with Crippen molar-refractivity contribution in [2.45, 2.75) is 51.7 Å². The molecule has 106 valence electrons. The van der Waals surface area contributed by atoms with Gasteiger partial charge in [-0.25, -0.2) is 0 Å². The van der Waals surface area contributed by atoms with Gasteiger partial charge in [-0.1, -0.05) is 13.8 Å². The van der Waals surface area contributed by atoms with Gasteiger partial charge in [0.1, 0.15) is 0 Å². The molecule has 0 radical (unpaired) electrons. The fourth-order valence-corrected chi connectivity index (χ4v) is 2.30. The van der Waals surface area contributed by atoms with Crippen LogP contribution in [0.5, 0.6) is 0 Å². The number of rotatable bonds is 6. The normalized spacial score (nSPS) is 23.1. The van der Waals surface area contributed by atoms with Gasteiger partial charge in [0.15, 0.2) is 0 Å². The van der Waals surface area contributed by atoms with Crippen LogP contribution in [0.25, 0.3) is 0 Å². The summed E-state index contributed by atoms with van der Waals surface area (Å²) in [5.74, 6) is 0.0454. The maximum absolute atomic E-state index is 12.2. The Morgan fingerprint density at radius 3 is 2.72 bits per heavy atom. The minimum absolute atomic E-state index is 0.0304. The summed E-state index contributed by atoms with van der Waals surface area (Å²) in [7, 11) is 0. The van der Waals surface area contributed by atoms with Crippen molar-refractivity contribution >= 4 is 5.91 Å². The summed E-state index contributed by atoms with van der Waals surface area (Å²) < 4.78 is 5.32. The lowest BCUT2D eigenvalue weighted by Gasteiger charge is -2.38. The molecule has 1 heterocycles. The summed E-state index contributed by atoms with van der Waals surface area (Å²) in [6.45, 7) is 7.89. The van der Waals surface area contributed by atoms with Crippen LogP contribution in [0.3, 0.4) is 0 Å². The first-order valence-corrected chi connectivity index (χ1v) is 6.88. The molecule has 1 aliphatic rings. The summed E-state index contributed by atoms with van der Waals surface area (Å²) in [5.41, 5.74) is 0. The fourth-order valence-electron chi connectivity index (χ4n) is 2.30. The first kappa shape index (κ1) is 15.4. The SMILES string of the molecule is CCC(CC)NC(=O)C(C)N1CCOCC1CO. The molecule has 0 bridgehead atoms. The van der Waals surface area contributed by atoms with Gasteiger partial charge in [0.05, 0.1) is 31.9 Å². The minimum Gasteiger partial charge on any atom is -0.395 e. The predicted molar refractivity (Wildman–Crippen MR) is 70.4 cm³/mol. The highest BCUT2D eigenvalue weighted by Crippen LogP contribution is 2.11. The molecule has 0 aromatic carbocycles. The van der Waals surface area contributed by atoms with E-state index in [4.69, 9.17) is 4.74 Å². The third kappa shape index (κ3) is 3.93. The fraction of sp³-hybridized carbons (Fsp3) is 0.923. The highest BCUT2D eigenvalue weighted by atomic mass is 16.5. The number of nitrogens with one attached hydrogen (secondary N) is 1. The van der Waals surface area contributed by atoms with Crippen LogP contribution in [0, 0.1) is 0 Å². The lowest BCUT2D eigenvalue weighted by atomic mass is 10.1. The Bertz CT molecular complexity index is 257. The highest BCUT2D eigenvalue weighted by Gasteiger charge is 2.30. The van der Waals surface area contributed by atoms with Gasteiger partial charge in [0, 0.05) is 12.6 Å². The lowest BCUT2D eigenvalue weighted by molar-refractivity contribution is -0.131. The van der Waals surface area contributed by atoms with E-state index in [9.17, 15) is 9.90 Å². The van der Waals surface area contributed by atoms with E-state index in [-0.39, 0.29) is 30.6 Å². The number of hydrogen-bond donors (Lipinski definition) is 2. The zero-order valence-corrected chi connectivity index (χ0v) is 11.7. The summed E-state index contributed by atoms with van der Waals surface area (Å²) in [4.78, 5) is 14.2. The Morgan fingerprint density at radius 2 is 2.17 bits per heavy atom. The molecule has 1 saturated heterocycles. The standard InChI is InChI=1S/C13H26N2O3/c1-4-11(5-2)14-13(17)10(3)15-6-7-18-9-12(15)8-16/h10-12,16H,4-9H2,1-3H3,(H,14,17). The number of nitrogens with zero attached hydrogens (tertiary/aromatic N) is 1. The van der Waals surface area contributed by atoms with Gasteiger partial charge in [-0.05, 0) is 19.8 Å². The molecule has 0 aromatic rings. The molecule has 0 spiro atoms. The number of ether oxygens (including phenoxy) is 1. The first-order valence-electron chi connectivity index (χ1n) is 6.88. The number of aliphatic hydroxyl groups is 1. The molecule has 0 aliphatic carbocycles. The van der Waals surface area contributed by atoms with Gasteiger partial charge in [0.25, 0.3) is 0 Å². The van der Waals surface area contributed by atoms with Crippen LogP contribution in [-0.4, -0.2) is 60.4 Å². The summed E-state index contributed by atoms with van der Waals surface area (Å²) >= 11 is 0. The van der Waals surface area contributed by atoms with Crippen LogP contribution in [0.15, 0.2) is 0 Å². The van der Waals surface area contributed by atoms with Gasteiger partial charge in [-0.15, -0.1) is 0 Å². The van der Waals surface area contributed by atoms with E-state index >= 15 is 0 Å². The Labute approximate surface area is 109 Å². The molecule has 1 fully saturated rings. The number of carbonyl (C=O) groups excluding carboxylic acids is 1. The molecule has 2 atom stereocenters. The third-order valence-electron chi connectivity index (χ3n) is 3.69. The van der Waals surface area contributed by atoms with E-state index in [0.717, 1.165) is 12.8 Å². The molecule has 18 heavy (non-hydrogen) atoms. The van der Waals surface area contributed by atoms with Crippen molar-refractivity contribution in [3.05, 3.63) is 0 Å². The molecule has 5 nitrogen and oxygen atoms in total. The van der Waals surface area contributed by atoms with Crippen molar-refractivity contribution in [3.63, 3.8) is 0 Å². The van der Waals surface area contributed by atoms with E-state index < -0.39 is 0 Å². The Hall–Kier alpha value is -0.650. The van der Waals surface area contributed by atoms with Crippen LogP contribution in [0.4, 0.5) is 0 Å². The van der Waals surface area contributed by atoms with E-state index in [2.05, 4.69) is 19.2 Å². The molecule has 1 amide bonds. The van der Waals surface area contributed by atoms with E-state index in [1.54, 1.807) is 0 Å². The molecular formula is C13H26N2O3. The number of amides is 1. The average Bonchev–Trinajstić information content (AvgIpc) is 2.43. The van der Waals surface area contributed by atoms with Crippen LogP contribution in [-0.2, 0) is 9.53 Å². The molecule has 2 N–H and O–H groups in total. The lowest BCUT2D eigenvalue weighted by Crippen LogP contribution is -2.57. The smallest absolute Gasteiger partial charge is 0.237 e. The van der Waals surface area contributed by atoms with Crippen LogP contribution >= 0.6 is 0 Å². The van der Waals surface area contributed by atoms with Gasteiger partial charge >= 0.3 is 0 Å². The van der Waals surface area contributed by atoms with Crippen LogP contribution in [0.1, 0.15) is 33.6 Å². The second-order valence-corrected chi connectivity index (χ2v) is 4.85. The van der Waals surface area contributed by atoms with Crippen molar-refractivity contribution in [2.24, 2.45) is 0 Å². The average molecular weight is 258 g/mol. The molecule has 1 aliphatic heterocycles. The molecular weight excluding hydrogens is 232 g/mol. The van der Waals surface area contributed by atoms with Gasteiger partial charge in [-0.2, -0.15) is 0 Å². The van der Waals surface area contributed by atoms with Crippen molar-refractivity contribution in [1.82, 2.24) is 10.2 Å². The second kappa shape index (κ2) is 7.71. The number of aliphatic hydroxyl groups excluding tert-OH is 1. The van der Waals surface area contributed by atoms with Crippen molar-refractivity contribution in [3.8, 4) is 0 Å². The van der Waals surface area contributed by atoms with Crippen molar-refractivity contribution in [2.75, 3.05) is 26.4 Å². The quantitative estimate of drug-likeness (QED) is 0.723. The Kier molecular flexibility index (Phi) is 6.60. The Morgan fingerprint density at radius 1 is 1.50 bits per heavy atom. The number of hydrogen-bond acceptors (Lipinski definition) is 4. The zero-order valence-electron chi connectivity index (χ0n) is 11.7. The summed E-state index contributed by atoms with van der Waals surface area (Å²) in [6.07, 6.45) is 1.89. The van der Waals surface area contributed by atoms with E-state index in [1.807, 2.05) is 11.8 Å². The van der Waals surface area contributed by atoms with Crippen molar-refractivity contribution in [1.29, 1.82) is 0 Å². The summed E-state index contributed by atoms with van der Waals surface area (Å²) in [6, 6.07) is -0.0404. The molecule has 0 saturated carbocycles. The molecule has 5 heteroatoms. The molecule has 2 unspecified atom stereocenters. The molecule has 0 aromatic heterocycles. The topological polar surface area (TPSA) is 61.8 Å². The first-order chi connectivity index (χ1) is 8.63. The van der Waals surface area contributed by atoms with E-state index in [0.29, 0.717) is 19.8 Å². The van der Waals surface area contributed by atoms with Gasteiger partial charge < -0.3 is 15.2 Å². The van der Waals surface area contributed by atoms with Gasteiger partial charge in [-0.3, -0.25) is 9.69 Å². The third-order valence-corrected chi connectivity index (χ3v) is 3.69. The maximum Gasteiger partial charge on any atom is 0.237 e. The number of morpholine rings is 1. The van der Waals surface area contributed by atoms with Crippen LogP contribution < -0.4 is 5.32 Å². The van der Waals surface area contributed by atoms with Crippen LogP contribution in [0.2, 0.25) is 0 Å². The Balaban J connectivity index is 2.55. The monoisotopic (exact) mass is 258 g/mol. The predicted octanol–water partition coefficient (Wildman–Crippen LogP) is 0.373. The summed E-state index contributed by atoms with van der Waals surface area (Å²) in [5, 5.41) is 12.4. The van der Waals surface area contributed by atoms with Gasteiger partial charge in [0.2, 0.25) is 5.91 Å². The number of carbonyl (C=O) groups is 1. The maximum atomic E-state index is 12.2.